The van der Waals surface area contributed by atoms with Gasteiger partial charge >= 0.3 is 12.1 Å². The van der Waals surface area contributed by atoms with E-state index in [2.05, 4.69) is 6.92 Å². The Morgan fingerprint density at radius 1 is 1.24 bits per heavy atom. The van der Waals surface area contributed by atoms with E-state index in [-0.39, 0.29) is 25.0 Å². The van der Waals surface area contributed by atoms with Crippen molar-refractivity contribution in [1.82, 2.24) is 4.90 Å². The van der Waals surface area contributed by atoms with Gasteiger partial charge in [0.1, 0.15) is 12.6 Å². The third-order valence-corrected chi connectivity index (χ3v) is 4.85. The Morgan fingerprint density at radius 2 is 2.00 bits per heavy atom. The van der Waals surface area contributed by atoms with Crippen molar-refractivity contribution in [3.8, 4) is 0 Å². The lowest BCUT2D eigenvalue weighted by Gasteiger charge is -2.38. The van der Waals surface area contributed by atoms with Crippen molar-refractivity contribution < 1.29 is 23.8 Å². The minimum absolute atomic E-state index is 0.127. The second kappa shape index (κ2) is 7.44. The fourth-order valence-corrected chi connectivity index (χ4v) is 3.72. The first-order valence-electron chi connectivity index (χ1n) is 8.97. The molecule has 0 radical (unpaired) electrons. The average Bonchev–Trinajstić information content (AvgIpc) is 3.14. The molecule has 2 fully saturated rings. The van der Waals surface area contributed by atoms with Gasteiger partial charge in [-0.3, -0.25) is 9.69 Å². The maximum atomic E-state index is 12.5. The largest absolute Gasteiger partial charge is 0.447 e. The minimum atomic E-state index is -1.09. The van der Waals surface area contributed by atoms with E-state index in [9.17, 15) is 9.59 Å². The molecule has 0 N–H and O–H groups in total. The molecule has 0 aliphatic carbocycles. The zero-order chi connectivity index (χ0) is 17.9. The lowest BCUT2D eigenvalue weighted by Crippen LogP contribution is -2.53. The lowest BCUT2D eigenvalue weighted by atomic mass is 9.96. The molecule has 6 heteroatoms. The van der Waals surface area contributed by atoms with Gasteiger partial charge in [0, 0.05) is 13.0 Å². The van der Waals surface area contributed by atoms with E-state index >= 15 is 0 Å². The van der Waals surface area contributed by atoms with Crippen LogP contribution in [0.15, 0.2) is 30.3 Å². The van der Waals surface area contributed by atoms with E-state index < -0.39 is 17.9 Å². The number of hydrogen-bond donors (Lipinski definition) is 0. The summed E-state index contributed by atoms with van der Waals surface area (Å²) >= 11 is 0. The molecule has 0 saturated carbocycles. The number of carbonyl (C=O) groups is 2. The Hall–Kier alpha value is -2.08. The molecule has 0 aromatic heterocycles. The highest BCUT2D eigenvalue weighted by Gasteiger charge is 2.57. The van der Waals surface area contributed by atoms with Gasteiger partial charge in [0.05, 0.1) is 12.5 Å². The summed E-state index contributed by atoms with van der Waals surface area (Å²) in [4.78, 5) is 26.3. The van der Waals surface area contributed by atoms with Crippen molar-refractivity contribution in [1.29, 1.82) is 0 Å². The van der Waals surface area contributed by atoms with Gasteiger partial charge in [0.15, 0.2) is 0 Å². The molecule has 2 aliphatic heterocycles. The van der Waals surface area contributed by atoms with Crippen LogP contribution in [0.3, 0.4) is 0 Å². The van der Waals surface area contributed by atoms with Crippen molar-refractivity contribution in [2.75, 3.05) is 13.2 Å². The highest BCUT2D eigenvalue weighted by molar-refractivity contribution is 5.77. The molecular formula is C19H25NO5. The third-order valence-electron chi connectivity index (χ3n) is 4.85. The number of benzene rings is 1. The predicted octanol–water partition coefficient (Wildman–Crippen LogP) is 3.42. The van der Waals surface area contributed by atoms with Gasteiger partial charge in [-0.2, -0.15) is 0 Å². The van der Waals surface area contributed by atoms with E-state index in [1.807, 2.05) is 37.3 Å². The summed E-state index contributed by atoms with van der Waals surface area (Å²) in [6.07, 6.45) is 2.08. The summed E-state index contributed by atoms with van der Waals surface area (Å²) in [6.45, 7) is 4.62. The van der Waals surface area contributed by atoms with Crippen molar-refractivity contribution in [3.63, 3.8) is 0 Å². The van der Waals surface area contributed by atoms with Crippen LogP contribution in [0.4, 0.5) is 4.79 Å². The molecule has 25 heavy (non-hydrogen) atoms. The fourth-order valence-electron chi connectivity index (χ4n) is 3.72. The average molecular weight is 347 g/mol. The summed E-state index contributed by atoms with van der Waals surface area (Å²) in [5, 5.41) is 0. The number of carbonyl (C=O) groups excluding carboxylic acids is 2. The van der Waals surface area contributed by atoms with Crippen LogP contribution in [0.2, 0.25) is 0 Å². The van der Waals surface area contributed by atoms with Crippen molar-refractivity contribution in [2.24, 2.45) is 0 Å². The molecular weight excluding hydrogens is 322 g/mol. The number of unbranched alkanes of at least 4 members (excludes halogenated alkanes) is 1. The van der Waals surface area contributed by atoms with E-state index in [1.165, 1.54) is 0 Å². The Morgan fingerprint density at radius 3 is 2.68 bits per heavy atom. The van der Waals surface area contributed by atoms with E-state index in [0.717, 1.165) is 18.4 Å². The SMILES string of the molecule is CCCC[C@]1(OCC)OC(=O)C[C@@H]1N1C(=O)OC[C@@H]1c1ccccc1. The molecule has 1 aromatic rings. The zero-order valence-electron chi connectivity index (χ0n) is 14.8. The van der Waals surface area contributed by atoms with Gasteiger partial charge in [-0.15, -0.1) is 0 Å². The molecule has 1 amide bonds. The number of esters is 1. The molecule has 136 valence electrons. The second-order valence-corrected chi connectivity index (χ2v) is 6.45. The summed E-state index contributed by atoms with van der Waals surface area (Å²) < 4.78 is 16.9. The molecule has 0 unspecified atom stereocenters. The number of nitrogens with zero attached hydrogens (tertiary/aromatic N) is 1. The van der Waals surface area contributed by atoms with Gasteiger partial charge < -0.3 is 14.2 Å². The molecule has 6 nitrogen and oxygen atoms in total. The molecule has 2 saturated heterocycles. The number of rotatable bonds is 7. The van der Waals surface area contributed by atoms with Crippen LogP contribution < -0.4 is 0 Å². The van der Waals surface area contributed by atoms with Gasteiger partial charge in [-0.1, -0.05) is 43.7 Å². The maximum Gasteiger partial charge on any atom is 0.410 e. The Bertz CT molecular complexity index is 620. The standard InChI is InChI=1S/C19H25NO5/c1-3-5-11-19(24-4-2)16(12-17(21)25-19)20-15(13-23-18(20)22)14-9-7-6-8-10-14/h6-10,15-16H,3-5,11-13H2,1-2H3/t15-,16+,19+/m1/s1. The van der Waals surface area contributed by atoms with Crippen molar-refractivity contribution in [2.45, 2.75) is 57.4 Å². The van der Waals surface area contributed by atoms with E-state index in [0.29, 0.717) is 13.0 Å². The number of ether oxygens (including phenoxy) is 3. The van der Waals surface area contributed by atoms with Crippen molar-refractivity contribution in [3.05, 3.63) is 35.9 Å². The van der Waals surface area contributed by atoms with Crippen LogP contribution in [0.1, 0.15) is 51.1 Å². The molecule has 1 aromatic carbocycles. The number of cyclic esters (lactones) is 2. The lowest BCUT2D eigenvalue weighted by molar-refractivity contribution is -0.231. The molecule has 3 rings (SSSR count). The zero-order valence-corrected chi connectivity index (χ0v) is 14.8. The third kappa shape index (κ3) is 3.35. The first-order chi connectivity index (χ1) is 12.1. The predicted molar refractivity (Wildman–Crippen MR) is 90.7 cm³/mol. The first kappa shape index (κ1) is 17.7. The van der Waals surface area contributed by atoms with E-state index in [4.69, 9.17) is 14.2 Å². The van der Waals surface area contributed by atoms with Crippen LogP contribution in [-0.4, -0.2) is 42.0 Å². The highest BCUT2D eigenvalue weighted by atomic mass is 16.7. The van der Waals surface area contributed by atoms with Crippen LogP contribution >= 0.6 is 0 Å². The number of hydrogen-bond acceptors (Lipinski definition) is 5. The summed E-state index contributed by atoms with van der Waals surface area (Å²) in [7, 11) is 0. The van der Waals surface area contributed by atoms with Crippen LogP contribution in [0, 0.1) is 0 Å². The van der Waals surface area contributed by atoms with Crippen LogP contribution in [0.25, 0.3) is 0 Å². The highest BCUT2D eigenvalue weighted by Crippen LogP contribution is 2.42. The smallest absolute Gasteiger partial charge is 0.410 e. The topological polar surface area (TPSA) is 65.1 Å². The number of amides is 1. The molecule has 0 spiro atoms. The van der Waals surface area contributed by atoms with Crippen molar-refractivity contribution >= 4 is 12.1 Å². The first-order valence-corrected chi connectivity index (χ1v) is 8.97. The minimum Gasteiger partial charge on any atom is -0.447 e. The van der Waals surface area contributed by atoms with Gasteiger partial charge in [0.25, 0.3) is 0 Å². The second-order valence-electron chi connectivity index (χ2n) is 6.45. The normalized spacial score (nSPS) is 29.0. The van der Waals surface area contributed by atoms with Gasteiger partial charge in [-0.05, 0) is 18.9 Å². The Labute approximate surface area is 148 Å². The monoisotopic (exact) mass is 347 g/mol. The summed E-state index contributed by atoms with van der Waals surface area (Å²) in [6, 6.07) is 9.00. The molecule has 2 heterocycles. The summed E-state index contributed by atoms with van der Waals surface area (Å²) in [5.74, 6) is -1.42. The molecule has 3 atom stereocenters. The Balaban J connectivity index is 1.94. The fraction of sp³-hybridized carbons (Fsp3) is 0.579. The van der Waals surface area contributed by atoms with Crippen LogP contribution in [-0.2, 0) is 19.0 Å². The molecule has 2 aliphatic rings. The Kier molecular flexibility index (Phi) is 5.27. The summed E-state index contributed by atoms with van der Waals surface area (Å²) in [5.41, 5.74) is 0.980. The van der Waals surface area contributed by atoms with Gasteiger partial charge in [0.2, 0.25) is 5.79 Å². The quantitative estimate of drug-likeness (QED) is 0.707. The molecule has 0 bridgehead atoms. The van der Waals surface area contributed by atoms with E-state index in [1.54, 1.807) is 4.90 Å². The maximum absolute atomic E-state index is 12.5. The van der Waals surface area contributed by atoms with Crippen LogP contribution in [0.5, 0.6) is 0 Å². The van der Waals surface area contributed by atoms with Gasteiger partial charge in [-0.25, -0.2) is 4.79 Å².